The third-order valence-corrected chi connectivity index (χ3v) is 4.61. The molecule has 0 bridgehead atoms. The van der Waals surface area contributed by atoms with Crippen LogP contribution in [0.15, 0.2) is 42.5 Å². The van der Waals surface area contributed by atoms with Crippen molar-refractivity contribution in [3.63, 3.8) is 0 Å². The summed E-state index contributed by atoms with van der Waals surface area (Å²) in [5, 5.41) is 11.5. The van der Waals surface area contributed by atoms with Gasteiger partial charge in [-0.2, -0.15) is 0 Å². The Morgan fingerprint density at radius 2 is 1.67 bits per heavy atom. The number of ether oxygens (including phenoxy) is 1. The molecule has 0 aliphatic heterocycles. The molecular formula is C22H26N4O4. The number of hydrogen-bond donors (Lipinski definition) is 4. The van der Waals surface area contributed by atoms with E-state index in [2.05, 4.69) is 21.3 Å². The SMILES string of the molecule is COc1ccc(NC(C)=O)cc1NC(=O)C(C)Nc1ccc(C(=O)NC2CC2)cc1. The fourth-order valence-corrected chi connectivity index (χ4v) is 2.86. The second kappa shape index (κ2) is 9.30. The molecule has 1 aliphatic carbocycles. The largest absolute Gasteiger partial charge is 0.495 e. The van der Waals surface area contributed by atoms with E-state index >= 15 is 0 Å². The Hall–Kier alpha value is -3.55. The van der Waals surface area contributed by atoms with Crippen LogP contribution < -0.4 is 26.0 Å². The number of rotatable bonds is 8. The second-order valence-corrected chi connectivity index (χ2v) is 7.28. The molecule has 0 spiro atoms. The van der Waals surface area contributed by atoms with E-state index in [1.54, 1.807) is 49.4 Å². The van der Waals surface area contributed by atoms with Gasteiger partial charge in [0.05, 0.1) is 12.8 Å². The van der Waals surface area contributed by atoms with Crippen molar-refractivity contribution in [3.05, 3.63) is 48.0 Å². The van der Waals surface area contributed by atoms with Gasteiger partial charge < -0.3 is 26.0 Å². The van der Waals surface area contributed by atoms with Gasteiger partial charge in [-0.1, -0.05) is 0 Å². The van der Waals surface area contributed by atoms with E-state index < -0.39 is 6.04 Å². The maximum atomic E-state index is 12.6. The van der Waals surface area contributed by atoms with Gasteiger partial charge in [-0.05, 0) is 62.2 Å². The van der Waals surface area contributed by atoms with Gasteiger partial charge >= 0.3 is 0 Å². The Kier molecular flexibility index (Phi) is 6.56. The maximum Gasteiger partial charge on any atom is 0.251 e. The van der Waals surface area contributed by atoms with E-state index in [1.807, 2.05) is 0 Å². The smallest absolute Gasteiger partial charge is 0.251 e. The molecule has 0 saturated heterocycles. The summed E-state index contributed by atoms with van der Waals surface area (Å²) < 4.78 is 5.29. The Balaban J connectivity index is 1.61. The third kappa shape index (κ3) is 5.73. The zero-order chi connectivity index (χ0) is 21.7. The summed E-state index contributed by atoms with van der Waals surface area (Å²) in [6, 6.07) is 11.7. The minimum atomic E-state index is -0.551. The second-order valence-electron chi connectivity index (χ2n) is 7.28. The van der Waals surface area contributed by atoms with Crippen LogP contribution in [-0.2, 0) is 9.59 Å². The van der Waals surface area contributed by atoms with E-state index in [4.69, 9.17) is 4.74 Å². The topological polar surface area (TPSA) is 109 Å². The van der Waals surface area contributed by atoms with Crippen LogP contribution in [-0.4, -0.2) is 36.9 Å². The third-order valence-electron chi connectivity index (χ3n) is 4.61. The van der Waals surface area contributed by atoms with E-state index in [-0.39, 0.29) is 17.7 Å². The van der Waals surface area contributed by atoms with Gasteiger partial charge in [-0.15, -0.1) is 0 Å². The maximum absolute atomic E-state index is 12.6. The van der Waals surface area contributed by atoms with E-state index in [1.165, 1.54) is 14.0 Å². The molecule has 158 valence electrons. The fourth-order valence-electron chi connectivity index (χ4n) is 2.86. The van der Waals surface area contributed by atoms with Crippen molar-refractivity contribution < 1.29 is 19.1 Å². The quantitative estimate of drug-likeness (QED) is 0.535. The highest BCUT2D eigenvalue weighted by Crippen LogP contribution is 2.28. The van der Waals surface area contributed by atoms with Crippen LogP contribution in [0.4, 0.5) is 17.1 Å². The van der Waals surface area contributed by atoms with Crippen LogP contribution >= 0.6 is 0 Å². The molecule has 4 N–H and O–H groups in total. The van der Waals surface area contributed by atoms with Crippen molar-refractivity contribution in [1.82, 2.24) is 5.32 Å². The number of hydrogen-bond acceptors (Lipinski definition) is 5. The molecule has 30 heavy (non-hydrogen) atoms. The first kappa shape index (κ1) is 21.2. The summed E-state index contributed by atoms with van der Waals surface area (Å²) in [6.07, 6.45) is 2.08. The number of methoxy groups -OCH3 is 1. The monoisotopic (exact) mass is 410 g/mol. The number of anilines is 3. The molecule has 3 amide bonds. The first-order chi connectivity index (χ1) is 14.4. The van der Waals surface area contributed by atoms with E-state index in [0.29, 0.717) is 28.7 Å². The van der Waals surface area contributed by atoms with Gasteiger partial charge in [0.25, 0.3) is 5.91 Å². The molecule has 2 aromatic rings. The zero-order valence-corrected chi connectivity index (χ0v) is 17.2. The molecule has 2 aromatic carbocycles. The normalized spacial score (nSPS) is 13.7. The lowest BCUT2D eigenvalue weighted by atomic mass is 10.1. The summed E-state index contributed by atoms with van der Waals surface area (Å²) in [7, 11) is 1.51. The highest BCUT2D eigenvalue weighted by molar-refractivity contribution is 5.99. The molecule has 0 radical (unpaired) electrons. The first-order valence-electron chi connectivity index (χ1n) is 9.79. The molecule has 0 aromatic heterocycles. The van der Waals surface area contributed by atoms with Crippen LogP contribution in [0.2, 0.25) is 0 Å². The van der Waals surface area contributed by atoms with Crippen molar-refractivity contribution in [3.8, 4) is 5.75 Å². The lowest BCUT2D eigenvalue weighted by Gasteiger charge is -2.17. The Bertz CT molecular complexity index is 939. The van der Waals surface area contributed by atoms with E-state index in [9.17, 15) is 14.4 Å². The molecule has 3 rings (SSSR count). The van der Waals surface area contributed by atoms with Gasteiger partial charge in [0, 0.05) is 29.9 Å². The lowest BCUT2D eigenvalue weighted by Crippen LogP contribution is -2.32. The molecule has 1 saturated carbocycles. The van der Waals surface area contributed by atoms with E-state index in [0.717, 1.165) is 18.5 Å². The molecule has 8 nitrogen and oxygen atoms in total. The van der Waals surface area contributed by atoms with Crippen LogP contribution in [0.25, 0.3) is 0 Å². The average molecular weight is 410 g/mol. The minimum absolute atomic E-state index is 0.0824. The minimum Gasteiger partial charge on any atom is -0.495 e. The Morgan fingerprint density at radius 1 is 1.00 bits per heavy atom. The molecule has 8 heteroatoms. The van der Waals surface area contributed by atoms with Gasteiger partial charge in [-0.25, -0.2) is 0 Å². The average Bonchev–Trinajstić information content (AvgIpc) is 3.52. The van der Waals surface area contributed by atoms with Gasteiger partial charge in [0.1, 0.15) is 11.8 Å². The van der Waals surface area contributed by atoms with Crippen LogP contribution in [0.5, 0.6) is 5.75 Å². The summed E-state index contributed by atoms with van der Waals surface area (Å²) in [6.45, 7) is 3.14. The summed E-state index contributed by atoms with van der Waals surface area (Å²) in [5.41, 5.74) is 2.32. The van der Waals surface area contributed by atoms with Crippen LogP contribution in [0, 0.1) is 0 Å². The first-order valence-corrected chi connectivity index (χ1v) is 9.79. The predicted molar refractivity (Wildman–Crippen MR) is 116 cm³/mol. The van der Waals surface area contributed by atoms with Crippen molar-refractivity contribution >= 4 is 34.8 Å². The van der Waals surface area contributed by atoms with Crippen LogP contribution in [0.1, 0.15) is 37.0 Å². The molecule has 1 aliphatic rings. The highest BCUT2D eigenvalue weighted by Gasteiger charge is 2.23. The van der Waals surface area contributed by atoms with Crippen molar-refractivity contribution in [2.75, 3.05) is 23.1 Å². The number of nitrogens with one attached hydrogen (secondary N) is 4. The summed E-state index contributed by atoms with van der Waals surface area (Å²) in [5.74, 6) is -0.0813. The van der Waals surface area contributed by atoms with Gasteiger partial charge in [0.15, 0.2) is 0 Å². The van der Waals surface area contributed by atoms with Crippen molar-refractivity contribution in [1.29, 1.82) is 0 Å². The summed E-state index contributed by atoms with van der Waals surface area (Å²) in [4.78, 5) is 36.0. The predicted octanol–water partition coefficient (Wildman–Crippen LogP) is 2.98. The Morgan fingerprint density at radius 3 is 2.27 bits per heavy atom. The zero-order valence-electron chi connectivity index (χ0n) is 17.2. The van der Waals surface area contributed by atoms with Gasteiger partial charge in [0.2, 0.25) is 11.8 Å². The lowest BCUT2D eigenvalue weighted by molar-refractivity contribution is -0.116. The molecule has 1 atom stereocenters. The van der Waals surface area contributed by atoms with Crippen molar-refractivity contribution in [2.45, 2.75) is 38.8 Å². The fraction of sp³-hybridized carbons (Fsp3) is 0.318. The number of carbonyl (C=O) groups excluding carboxylic acids is 3. The molecule has 1 unspecified atom stereocenters. The van der Waals surface area contributed by atoms with Crippen molar-refractivity contribution in [2.24, 2.45) is 0 Å². The molecule has 1 fully saturated rings. The Labute approximate surface area is 175 Å². The number of amides is 3. The van der Waals surface area contributed by atoms with Gasteiger partial charge in [-0.3, -0.25) is 14.4 Å². The summed E-state index contributed by atoms with van der Waals surface area (Å²) >= 11 is 0. The standard InChI is InChI=1S/C22H26N4O4/c1-13(23-16-6-4-15(5-7-16)22(29)25-17-8-9-17)21(28)26-19-12-18(24-14(2)27)10-11-20(19)30-3/h4-7,10-13,17,23H,8-9H2,1-3H3,(H,24,27)(H,25,29)(H,26,28). The molecule has 0 heterocycles. The number of carbonyl (C=O) groups is 3. The van der Waals surface area contributed by atoms with Crippen LogP contribution in [0.3, 0.4) is 0 Å². The number of benzene rings is 2. The highest BCUT2D eigenvalue weighted by atomic mass is 16.5. The molecular weight excluding hydrogens is 384 g/mol.